The fourth-order valence-electron chi connectivity index (χ4n) is 1.66. The van der Waals surface area contributed by atoms with Crippen molar-refractivity contribution in [1.29, 1.82) is 0 Å². The van der Waals surface area contributed by atoms with Crippen LogP contribution in [0.3, 0.4) is 0 Å². The maximum Gasteiger partial charge on any atom is 0.137 e. The summed E-state index contributed by atoms with van der Waals surface area (Å²) in [5.74, 6) is -1.11. The van der Waals surface area contributed by atoms with Gasteiger partial charge in [-0.05, 0) is 68.3 Å². The van der Waals surface area contributed by atoms with Gasteiger partial charge in [-0.3, -0.25) is 0 Å². The van der Waals surface area contributed by atoms with Crippen LogP contribution in [0, 0.1) is 15.2 Å². The molecule has 1 nitrogen and oxygen atoms in total. The van der Waals surface area contributed by atoms with Gasteiger partial charge in [-0.2, -0.15) is 0 Å². The molecule has 0 heterocycles. The van der Waals surface area contributed by atoms with E-state index in [9.17, 15) is 8.78 Å². The molecule has 0 fully saturated rings. The molecule has 0 bridgehead atoms. The third-order valence-corrected chi connectivity index (χ3v) is 4.86. The van der Waals surface area contributed by atoms with Crippen LogP contribution in [0.25, 0.3) is 0 Å². The Morgan fingerprint density at radius 2 is 1.84 bits per heavy atom. The average molecular weight is 458 g/mol. The summed E-state index contributed by atoms with van der Waals surface area (Å²) in [6.07, 6.45) is 0. The number of nitrogens with two attached hydrogens (primary N) is 1. The van der Waals surface area contributed by atoms with Crippen molar-refractivity contribution in [3.05, 3.63) is 66.2 Å². The van der Waals surface area contributed by atoms with Gasteiger partial charge in [-0.25, -0.2) is 8.78 Å². The Morgan fingerprint density at radius 1 is 1.16 bits per heavy atom. The molecule has 19 heavy (non-hydrogen) atoms. The summed E-state index contributed by atoms with van der Waals surface area (Å²) in [7, 11) is 0. The van der Waals surface area contributed by atoms with Crippen molar-refractivity contribution in [2.75, 3.05) is 0 Å². The van der Waals surface area contributed by atoms with E-state index in [2.05, 4.69) is 38.5 Å². The Balaban J connectivity index is 2.46. The summed E-state index contributed by atoms with van der Waals surface area (Å²) in [6, 6.07) is 6.59. The molecule has 0 saturated carbocycles. The van der Waals surface area contributed by atoms with Gasteiger partial charge in [0, 0.05) is 9.13 Å². The van der Waals surface area contributed by atoms with Gasteiger partial charge >= 0.3 is 0 Å². The van der Waals surface area contributed by atoms with Crippen LogP contribution in [0.15, 0.2) is 34.8 Å². The molecule has 1 unspecified atom stereocenters. The molecule has 0 amide bonds. The summed E-state index contributed by atoms with van der Waals surface area (Å²) in [4.78, 5) is 0. The minimum absolute atomic E-state index is 0.0709. The van der Waals surface area contributed by atoms with Crippen LogP contribution >= 0.6 is 50.1 Å². The monoisotopic (exact) mass is 457 g/mol. The Hall–Kier alpha value is -0.240. The molecule has 0 spiro atoms. The van der Waals surface area contributed by atoms with Gasteiger partial charge in [-0.15, -0.1) is 0 Å². The molecular formula is C13H8BrClF2IN. The summed E-state index contributed by atoms with van der Waals surface area (Å²) in [6.45, 7) is 0. The van der Waals surface area contributed by atoms with Gasteiger partial charge in [0.15, 0.2) is 0 Å². The van der Waals surface area contributed by atoms with E-state index in [0.717, 1.165) is 15.7 Å². The normalized spacial score (nSPS) is 12.5. The van der Waals surface area contributed by atoms with Crippen LogP contribution in [0.4, 0.5) is 8.78 Å². The second-order valence-electron chi connectivity index (χ2n) is 3.94. The molecule has 2 N–H and O–H groups in total. The second kappa shape index (κ2) is 6.03. The number of hydrogen-bond acceptors (Lipinski definition) is 1. The predicted molar refractivity (Wildman–Crippen MR) is 84.3 cm³/mol. The first-order valence-electron chi connectivity index (χ1n) is 5.25. The molecule has 1 atom stereocenters. The Kier molecular flexibility index (Phi) is 4.81. The smallest absolute Gasteiger partial charge is 0.137 e. The third kappa shape index (κ3) is 3.26. The quantitative estimate of drug-likeness (QED) is 0.496. The molecule has 2 rings (SSSR count). The number of halogens is 5. The molecule has 6 heteroatoms. The van der Waals surface area contributed by atoms with E-state index in [-0.39, 0.29) is 10.0 Å². The van der Waals surface area contributed by atoms with Gasteiger partial charge in [0.25, 0.3) is 0 Å². The van der Waals surface area contributed by atoms with Crippen molar-refractivity contribution in [2.24, 2.45) is 5.73 Å². The largest absolute Gasteiger partial charge is 0.320 e. The van der Waals surface area contributed by atoms with E-state index >= 15 is 0 Å². The Morgan fingerprint density at radius 3 is 2.47 bits per heavy atom. The molecule has 0 radical (unpaired) electrons. The van der Waals surface area contributed by atoms with Gasteiger partial charge in [0.05, 0.1) is 15.5 Å². The average Bonchev–Trinajstić information content (AvgIpc) is 2.36. The number of rotatable bonds is 2. The van der Waals surface area contributed by atoms with E-state index in [4.69, 9.17) is 17.3 Å². The van der Waals surface area contributed by atoms with E-state index in [1.165, 1.54) is 0 Å². The molecule has 0 aliphatic rings. The molecule has 2 aromatic carbocycles. The van der Waals surface area contributed by atoms with E-state index in [1.54, 1.807) is 18.2 Å². The lowest BCUT2D eigenvalue weighted by Gasteiger charge is -2.15. The van der Waals surface area contributed by atoms with Crippen molar-refractivity contribution in [3.63, 3.8) is 0 Å². The molecular weight excluding hydrogens is 450 g/mol. The first-order chi connectivity index (χ1) is 8.90. The first kappa shape index (κ1) is 15.2. The maximum absolute atomic E-state index is 13.8. The zero-order valence-corrected chi connectivity index (χ0v) is 13.9. The summed E-state index contributed by atoms with van der Waals surface area (Å²) in [5.41, 5.74) is 6.70. The highest BCUT2D eigenvalue weighted by Crippen LogP contribution is 2.29. The summed E-state index contributed by atoms with van der Waals surface area (Å²) < 4.78 is 28.3. The topological polar surface area (TPSA) is 26.0 Å². The number of benzene rings is 2. The van der Waals surface area contributed by atoms with Crippen LogP contribution < -0.4 is 5.73 Å². The molecule has 0 saturated heterocycles. The first-order valence-corrected chi connectivity index (χ1v) is 7.50. The molecule has 100 valence electrons. The van der Waals surface area contributed by atoms with E-state index < -0.39 is 17.7 Å². The maximum atomic E-state index is 13.8. The summed E-state index contributed by atoms with van der Waals surface area (Å²) in [5, 5.41) is 0.534. The highest BCUT2D eigenvalue weighted by atomic mass is 127. The highest BCUT2D eigenvalue weighted by Gasteiger charge is 2.17. The van der Waals surface area contributed by atoms with Crippen LogP contribution in [-0.2, 0) is 0 Å². The summed E-state index contributed by atoms with van der Waals surface area (Å²) >= 11 is 11.0. The molecule has 0 aliphatic carbocycles. The zero-order valence-electron chi connectivity index (χ0n) is 9.43. The molecule has 0 aliphatic heterocycles. The third-order valence-electron chi connectivity index (χ3n) is 2.68. The van der Waals surface area contributed by atoms with Gasteiger partial charge in [0.1, 0.15) is 11.6 Å². The van der Waals surface area contributed by atoms with Crippen molar-refractivity contribution < 1.29 is 8.78 Å². The predicted octanol–water partition coefficient (Wildman–Crippen LogP) is 5.03. The van der Waals surface area contributed by atoms with E-state index in [0.29, 0.717) is 10.6 Å². The molecule has 2 aromatic rings. The lowest BCUT2D eigenvalue weighted by Crippen LogP contribution is -2.14. The minimum Gasteiger partial charge on any atom is -0.320 e. The minimum atomic E-state index is -0.767. The Bertz CT molecular complexity index is 636. The fraction of sp³-hybridized carbons (Fsp3) is 0.0769. The highest BCUT2D eigenvalue weighted by molar-refractivity contribution is 14.1. The van der Waals surface area contributed by atoms with Crippen molar-refractivity contribution in [2.45, 2.75) is 6.04 Å². The standard InChI is InChI=1S/C13H8BrClF2IN/c14-8-5-10(16)7(4-11(8)17)13(19)6-1-2-12(18)9(15)3-6/h1-5,13H,19H2. The van der Waals surface area contributed by atoms with Crippen molar-refractivity contribution in [1.82, 2.24) is 0 Å². The van der Waals surface area contributed by atoms with Crippen LogP contribution in [0.5, 0.6) is 0 Å². The SMILES string of the molecule is NC(c1ccc(I)c(Cl)c1)c1cc(F)c(Br)cc1F. The van der Waals surface area contributed by atoms with Crippen LogP contribution in [0.2, 0.25) is 5.02 Å². The van der Waals surface area contributed by atoms with Crippen molar-refractivity contribution >= 4 is 50.1 Å². The fourth-order valence-corrected chi connectivity index (χ4v) is 2.50. The Labute approximate surface area is 136 Å². The van der Waals surface area contributed by atoms with Crippen LogP contribution in [0.1, 0.15) is 17.2 Å². The zero-order chi connectivity index (χ0) is 14.2. The second-order valence-corrected chi connectivity index (χ2v) is 6.36. The van der Waals surface area contributed by atoms with Gasteiger partial charge < -0.3 is 5.73 Å². The molecule has 0 aromatic heterocycles. The lowest BCUT2D eigenvalue weighted by molar-refractivity contribution is 0.572. The number of hydrogen-bond donors (Lipinski definition) is 1. The van der Waals surface area contributed by atoms with Gasteiger partial charge in [0.2, 0.25) is 0 Å². The van der Waals surface area contributed by atoms with Gasteiger partial charge in [-0.1, -0.05) is 17.7 Å². The van der Waals surface area contributed by atoms with Crippen LogP contribution in [-0.4, -0.2) is 0 Å². The van der Waals surface area contributed by atoms with Crippen molar-refractivity contribution in [3.8, 4) is 0 Å². The van der Waals surface area contributed by atoms with E-state index in [1.807, 2.05) is 0 Å². The lowest BCUT2D eigenvalue weighted by atomic mass is 9.99.